The van der Waals surface area contributed by atoms with Crippen molar-refractivity contribution in [3.8, 4) is 5.75 Å². The second-order valence-electron chi connectivity index (χ2n) is 7.05. The van der Waals surface area contributed by atoms with Crippen LogP contribution < -0.4 is 20.8 Å². The summed E-state index contributed by atoms with van der Waals surface area (Å²) in [5.41, 5.74) is 7.11. The molecule has 138 valence electrons. The van der Waals surface area contributed by atoms with Gasteiger partial charge in [-0.2, -0.15) is 0 Å². The summed E-state index contributed by atoms with van der Waals surface area (Å²) in [6.07, 6.45) is 2.50. The van der Waals surface area contributed by atoms with Gasteiger partial charge >= 0.3 is 6.16 Å². The van der Waals surface area contributed by atoms with E-state index in [0.29, 0.717) is 29.9 Å². The molecule has 26 heavy (non-hydrogen) atoms. The molecule has 2 aromatic rings. The molecule has 0 bridgehead atoms. The molecule has 1 saturated heterocycles. The lowest BCUT2D eigenvalue weighted by Crippen LogP contribution is -2.28. The highest BCUT2D eigenvalue weighted by Crippen LogP contribution is 2.41. The predicted molar refractivity (Wildman–Crippen MR) is 94.6 cm³/mol. The van der Waals surface area contributed by atoms with E-state index in [1.807, 2.05) is 9.47 Å². The van der Waals surface area contributed by atoms with E-state index >= 15 is 0 Å². The number of aromatic nitrogens is 1. The van der Waals surface area contributed by atoms with E-state index < -0.39 is 17.4 Å². The fourth-order valence-electron chi connectivity index (χ4n) is 3.83. The number of carboxylic acid groups (broad SMARTS) is 1. The van der Waals surface area contributed by atoms with Crippen LogP contribution in [0, 0.1) is 12.7 Å². The number of hydrogen-bond donors (Lipinski definition) is 2. The van der Waals surface area contributed by atoms with Gasteiger partial charge in [0.25, 0.3) is 0 Å². The van der Waals surface area contributed by atoms with Crippen LogP contribution in [-0.4, -0.2) is 35.0 Å². The number of fused-ring (bicyclic) bond motifs is 1. The molecule has 1 atom stereocenters. The largest absolute Gasteiger partial charge is 0.511 e. The van der Waals surface area contributed by atoms with Crippen molar-refractivity contribution >= 4 is 22.7 Å². The van der Waals surface area contributed by atoms with Crippen LogP contribution in [0.2, 0.25) is 0 Å². The lowest BCUT2D eigenvalue weighted by Gasteiger charge is -2.24. The number of carbonyl (C=O) groups is 1. The molecule has 1 aliphatic carbocycles. The molecule has 4 rings (SSSR count). The monoisotopic (exact) mass is 361 g/mol. The molecule has 8 heteroatoms. The van der Waals surface area contributed by atoms with Crippen molar-refractivity contribution in [3.05, 3.63) is 33.9 Å². The molecule has 2 heterocycles. The average Bonchev–Trinajstić information content (AvgIpc) is 3.32. The van der Waals surface area contributed by atoms with Gasteiger partial charge in [-0.3, -0.25) is 4.79 Å². The van der Waals surface area contributed by atoms with Crippen LogP contribution in [0.1, 0.15) is 30.9 Å². The van der Waals surface area contributed by atoms with Gasteiger partial charge in [0, 0.05) is 25.2 Å². The van der Waals surface area contributed by atoms with Gasteiger partial charge in [0.15, 0.2) is 5.75 Å². The Morgan fingerprint density at radius 2 is 2.12 bits per heavy atom. The fraction of sp³-hybridized carbons (Fsp3) is 0.444. The summed E-state index contributed by atoms with van der Waals surface area (Å²) >= 11 is 0. The number of pyridine rings is 1. The number of aryl methyl sites for hydroxylation is 1. The van der Waals surface area contributed by atoms with Crippen LogP contribution in [0.4, 0.5) is 14.9 Å². The average molecular weight is 361 g/mol. The molecule has 7 nitrogen and oxygen atoms in total. The number of nitrogens with two attached hydrogens (primary N) is 1. The molecule has 1 unspecified atom stereocenters. The lowest BCUT2D eigenvalue weighted by molar-refractivity contribution is 0.143. The molecule has 3 N–H and O–H groups in total. The predicted octanol–water partition coefficient (Wildman–Crippen LogP) is 2.38. The highest BCUT2D eigenvalue weighted by Gasteiger charge is 2.30. The SMILES string of the molecule is Cc1c(N2CCC(N)C2)c(F)cc2c(=O)c(OC(=O)O)cn(C3CC3)c12. The number of hydrogen-bond acceptors (Lipinski definition) is 5. The standard InChI is InChI=1S/C18H20FN3O4/c1-9-15-12(6-13(19)16(9)21-5-4-10(20)7-21)17(23)14(26-18(24)25)8-22(15)11-2-3-11/h6,8,10-11H,2-5,7,20H2,1H3,(H,24,25). The number of benzene rings is 1. The van der Waals surface area contributed by atoms with E-state index in [2.05, 4.69) is 4.74 Å². The van der Waals surface area contributed by atoms with Crippen molar-refractivity contribution in [1.29, 1.82) is 0 Å². The maximum Gasteiger partial charge on any atom is 0.511 e. The Labute approximate surface area is 148 Å². The summed E-state index contributed by atoms with van der Waals surface area (Å²) in [7, 11) is 0. The zero-order chi connectivity index (χ0) is 18.6. The highest BCUT2D eigenvalue weighted by molar-refractivity contribution is 5.89. The van der Waals surface area contributed by atoms with Crippen molar-refractivity contribution in [2.24, 2.45) is 5.73 Å². The van der Waals surface area contributed by atoms with Gasteiger partial charge in [0.05, 0.1) is 22.8 Å². The Bertz CT molecular complexity index is 967. The molecule has 1 aromatic heterocycles. The molecule has 0 amide bonds. The quantitative estimate of drug-likeness (QED) is 0.815. The van der Waals surface area contributed by atoms with E-state index in [1.165, 1.54) is 12.3 Å². The fourth-order valence-corrected chi connectivity index (χ4v) is 3.83. The molecule has 2 fully saturated rings. The Kier molecular flexibility index (Phi) is 3.87. The number of nitrogens with zero attached hydrogens (tertiary/aromatic N) is 2. The summed E-state index contributed by atoms with van der Waals surface area (Å²) < 4.78 is 21.4. The zero-order valence-electron chi connectivity index (χ0n) is 14.4. The molecule has 0 spiro atoms. The maximum atomic E-state index is 14.9. The molecule has 1 saturated carbocycles. The van der Waals surface area contributed by atoms with Crippen LogP contribution >= 0.6 is 0 Å². The first-order valence-electron chi connectivity index (χ1n) is 8.66. The van der Waals surface area contributed by atoms with Crippen molar-refractivity contribution in [2.75, 3.05) is 18.0 Å². The van der Waals surface area contributed by atoms with E-state index in [0.717, 1.165) is 19.3 Å². The number of halogens is 1. The molecule has 1 aromatic carbocycles. The molecule has 2 aliphatic rings. The third kappa shape index (κ3) is 2.70. The summed E-state index contributed by atoms with van der Waals surface area (Å²) in [6, 6.07) is 1.35. The van der Waals surface area contributed by atoms with E-state index in [9.17, 15) is 14.0 Å². The van der Waals surface area contributed by atoms with E-state index in [1.54, 1.807) is 6.92 Å². The second-order valence-corrected chi connectivity index (χ2v) is 7.05. The van der Waals surface area contributed by atoms with E-state index in [-0.39, 0.29) is 23.2 Å². The van der Waals surface area contributed by atoms with Gasteiger partial charge in [-0.05, 0) is 37.8 Å². The van der Waals surface area contributed by atoms with Crippen molar-refractivity contribution < 1.29 is 19.0 Å². The Morgan fingerprint density at radius 3 is 2.69 bits per heavy atom. The van der Waals surface area contributed by atoms with Gasteiger partial charge in [-0.25, -0.2) is 9.18 Å². The smallest absolute Gasteiger partial charge is 0.449 e. The first-order valence-corrected chi connectivity index (χ1v) is 8.66. The number of anilines is 1. The van der Waals surface area contributed by atoms with E-state index in [4.69, 9.17) is 10.8 Å². The molecular formula is C18H20FN3O4. The molecule has 0 radical (unpaired) electrons. The van der Waals surface area contributed by atoms with Gasteiger partial charge < -0.3 is 25.0 Å². The minimum absolute atomic E-state index is 0.00136. The van der Waals surface area contributed by atoms with Crippen LogP contribution in [0.3, 0.4) is 0 Å². The minimum Gasteiger partial charge on any atom is -0.449 e. The first-order chi connectivity index (χ1) is 12.4. The van der Waals surface area contributed by atoms with Crippen LogP contribution in [0.25, 0.3) is 10.9 Å². The number of ether oxygens (including phenoxy) is 1. The Balaban J connectivity index is 1.97. The maximum absolute atomic E-state index is 14.9. The lowest BCUT2D eigenvalue weighted by atomic mass is 10.1. The summed E-state index contributed by atoms with van der Waals surface area (Å²) in [5.74, 6) is -0.803. The van der Waals surface area contributed by atoms with Crippen LogP contribution in [-0.2, 0) is 0 Å². The highest BCUT2D eigenvalue weighted by atomic mass is 19.1. The third-order valence-corrected chi connectivity index (χ3v) is 5.12. The van der Waals surface area contributed by atoms with Crippen molar-refractivity contribution in [2.45, 2.75) is 38.3 Å². The Morgan fingerprint density at radius 1 is 1.38 bits per heavy atom. The topological polar surface area (TPSA) is 97.8 Å². The van der Waals surface area contributed by atoms with Gasteiger partial charge in [0.1, 0.15) is 5.82 Å². The summed E-state index contributed by atoms with van der Waals surface area (Å²) in [5, 5.41) is 9.00. The summed E-state index contributed by atoms with van der Waals surface area (Å²) in [4.78, 5) is 25.4. The second kappa shape index (κ2) is 5.98. The summed E-state index contributed by atoms with van der Waals surface area (Å²) in [6.45, 7) is 3.02. The van der Waals surface area contributed by atoms with Crippen LogP contribution in [0.5, 0.6) is 5.75 Å². The normalized spacial score (nSPS) is 20.0. The van der Waals surface area contributed by atoms with Crippen molar-refractivity contribution in [3.63, 3.8) is 0 Å². The third-order valence-electron chi connectivity index (χ3n) is 5.12. The molecular weight excluding hydrogens is 341 g/mol. The van der Waals surface area contributed by atoms with Gasteiger partial charge in [-0.15, -0.1) is 0 Å². The van der Waals surface area contributed by atoms with Gasteiger partial charge in [0.2, 0.25) is 5.43 Å². The number of rotatable bonds is 3. The van der Waals surface area contributed by atoms with Crippen LogP contribution in [0.15, 0.2) is 17.1 Å². The Hall–Kier alpha value is -2.61. The van der Waals surface area contributed by atoms with Crippen molar-refractivity contribution in [1.82, 2.24) is 4.57 Å². The minimum atomic E-state index is -1.57. The van der Waals surface area contributed by atoms with Gasteiger partial charge in [-0.1, -0.05) is 0 Å². The first kappa shape index (κ1) is 16.8. The zero-order valence-corrected chi connectivity index (χ0v) is 14.4. The molecule has 1 aliphatic heterocycles.